The molecule has 4 unspecified atom stereocenters. The number of benzene rings is 2. The fraction of sp³-hybridized carbons (Fsp3) is 0.455. The Morgan fingerprint density at radius 1 is 0.881 bits per heavy atom. The van der Waals surface area contributed by atoms with Gasteiger partial charge in [0, 0.05) is 18.1 Å². The highest BCUT2D eigenvalue weighted by Gasteiger charge is 2.49. The third-order valence-corrected chi connectivity index (χ3v) is 7.43. The Kier molecular flexibility index (Phi) is 11.4. The van der Waals surface area contributed by atoms with Gasteiger partial charge < -0.3 is 23.7 Å². The van der Waals surface area contributed by atoms with E-state index in [9.17, 15) is 9.59 Å². The number of azo groups is 1. The van der Waals surface area contributed by atoms with Crippen molar-refractivity contribution >= 4 is 23.3 Å². The largest absolute Gasteiger partial charge is 0.494 e. The van der Waals surface area contributed by atoms with E-state index in [2.05, 4.69) is 35.5 Å². The molecule has 0 aliphatic carbocycles. The van der Waals surface area contributed by atoms with E-state index in [4.69, 9.17) is 23.7 Å². The summed E-state index contributed by atoms with van der Waals surface area (Å²) in [4.78, 5) is 22.6. The van der Waals surface area contributed by atoms with Crippen LogP contribution in [0.4, 0.5) is 11.4 Å². The summed E-state index contributed by atoms with van der Waals surface area (Å²) < 4.78 is 28.2. The molecule has 4 rings (SSSR count). The molecule has 0 saturated carbocycles. The number of hydrogen-bond acceptors (Lipinski definition) is 9. The number of nitrogens with zero attached hydrogens (tertiary/aromatic N) is 2. The first kappa shape index (κ1) is 31.1. The SMILES string of the molecule is C=CC(=O)OCCCCCCOc1cc(C)c(N=Nc2ccc(CC3COC4C(OC(=O)C=C)COC34)cc2)c(C)c1. The van der Waals surface area contributed by atoms with Crippen LogP contribution in [-0.4, -0.2) is 56.7 Å². The molecule has 2 fully saturated rings. The summed E-state index contributed by atoms with van der Waals surface area (Å²) >= 11 is 0. The zero-order valence-corrected chi connectivity index (χ0v) is 24.5. The predicted octanol–water partition coefficient (Wildman–Crippen LogP) is 6.44. The molecule has 2 aromatic carbocycles. The average molecular weight is 577 g/mol. The Morgan fingerprint density at radius 2 is 1.55 bits per heavy atom. The van der Waals surface area contributed by atoms with Crippen molar-refractivity contribution in [3.05, 3.63) is 78.4 Å². The Morgan fingerprint density at radius 3 is 2.24 bits per heavy atom. The number of unbranched alkanes of at least 4 members (excludes halogenated alkanes) is 3. The second-order valence-corrected chi connectivity index (χ2v) is 10.6. The Balaban J connectivity index is 1.22. The number of ether oxygens (including phenoxy) is 5. The molecule has 42 heavy (non-hydrogen) atoms. The van der Waals surface area contributed by atoms with Crippen LogP contribution in [0.15, 0.2) is 71.9 Å². The maximum absolute atomic E-state index is 11.6. The molecular formula is C33H40N2O7. The van der Waals surface area contributed by atoms with Crippen LogP contribution in [0.1, 0.15) is 42.4 Å². The Bertz CT molecular complexity index is 1250. The van der Waals surface area contributed by atoms with Gasteiger partial charge in [0.25, 0.3) is 0 Å². The van der Waals surface area contributed by atoms with Crippen molar-refractivity contribution in [3.8, 4) is 5.75 Å². The van der Waals surface area contributed by atoms with Crippen molar-refractivity contribution < 1.29 is 33.3 Å². The van der Waals surface area contributed by atoms with Gasteiger partial charge in [0.05, 0.1) is 43.9 Å². The predicted molar refractivity (Wildman–Crippen MR) is 158 cm³/mol. The minimum Gasteiger partial charge on any atom is -0.494 e. The van der Waals surface area contributed by atoms with E-state index in [0.29, 0.717) is 26.4 Å². The molecule has 4 atom stereocenters. The first-order valence-corrected chi connectivity index (χ1v) is 14.5. The molecule has 2 aliphatic heterocycles. The third-order valence-electron chi connectivity index (χ3n) is 7.43. The standard InChI is InChI=1S/C33H40N2O7/c1-5-29(36)39-16-10-8-7-9-15-38-27-17-22(3)31(23(4)18-27)35-34-26-13-11-24(12-14-26)19-25-20-40-33-28(21-41-32(25)33)42-30(37)6-2/h5-6,11-14,17-18,25,28,32-33H,1-2,7-10,15-16,19-21H2,3-4H3. The zero-order valence-electron chi connectivity index (χ0n) is 24.5. The molecule has 2 aromatic rings. The van der Waals surface area contributed by atoms with E-state index < -0.39 is 5.97 Å². The first-order chi connectivity index (χ1) is 20.4. The van der Waals surface area contributed by atoms with Crippen LogP contribution in [0.5, 0.6) is 5.75 Å². The molecule has 0 aromatic heterocycles. The van der Waals surface area contributed by atoms with Gasteiger partial charge >= 0.3 is 11.9 Å². The van der Waals surface area contributed by atoms with Crippen LogP contribution in [-0.2, 0) is 35.0 Å². The quantitative estimate of drug-likeness (QED) is 0.104. The Labute approximate surface area is 247 Å². The molecule has 9 nitrogen and oxygen atoms in total. The van der Waals surface area contributed by atoms with Crippen LogP contribution >= 0.6 is 0 Å². The number of aryl methyl sites for hydroxylation is 2. The number of rotatable bonds is 15. The third kappa shape index (κ3) is 8.59. The molecular weight excluding hydrogens is 536 g/mol. The van der Waals surface area contributed by atoms with Crippen LogP contribution in [0.25, 0.3) is 0 Å². The van der Waals surface area contributed by atoms with Gasteiger partial charge in [-0.25, -0.2) is 9.59 Å². The van der Waals surface area contributed by atoms with Crippen molar-refractivity contribution in [1.82, 2.24) is 0 Å². The fourth-order valence-corrected chi connectivity index (χ4v) is 5.26. The topological polar surface area (TPSA) is 105 Å². The highest BCUT2D eigenvalue weighted by molar-refractivity contribution is 5.81. The fourth-order valence-electron chi connectivity index (χ4n) is 5.26. The Hall–Kier alpha value is -3.82. The summed E-state index contributed by atoms with van der Waals surface area (Å²) in [5, 5.41) is 9.00. The maximum Gasteiger partial charge on any atom is 0.330 e. The highest BCUT2D eigenvalue weighted by atomic mass is 16.6. The summed E-state index contributed by atoms with van der Waals surface area (Å²) in [5.74, 6) is 0.179. The van der Waals surface area contributed by atoms with Crippen molar-refractivity contribution in [2.45, 2.75) is 64.3 Å². The molecule has 0 amide bonds. The van der Waals surface area contributed by atoms with Crippen LogP contribution < -0.4 is 4.74 Å². The number of esters is 2. The van der Waals surface area contributed by atoms with E-state index in [1.165, 1.54) is 6.08 Å². The molecule has 0 radical (unpaired) electrons. The van der Waals surface area contributed by atoms with E-state index in [1.807, 2.05) is 38.1 Å². The second kappa shape index (κ2) is 15.4. The van der Waals surface area contributed by atoms with Gasteiger partial charge in [-0.2, -0.15) is 10.2 Å². The second-order valence-electron chi connectivity index (χ2n) is 10.6. The lowest BCUT2D eigenvalue weighted by molar-refractivity contribution is -0.147. The van der Waals surface area contributed by atoms with Crippen LogP contribution in [0, 0.1) is 19.8 Å². The number of fused-ring (bicyclic) bond motifs is 1. The van der Waals surface area contributed by atoms with Gasteiger partial charge in [-0.3, -0.25) is 0 Å². The maximum atomic E-state index is 11.6. The van der Waals surface area contributed by atoms with E-state index in [0.717, 1.165) is 72.0 Å². The molecule has 9 heteroatoms. The number of carbonyl (C=O) groups excluding carboxylic acids is 2. The molecule has 0 N–H and O–H groups in total. The lowest BCUT2D eigenvalue weighted by Crippen LogP contribution is -2.33. The summed E-state index contributed by atoms with van der Waals surface area (Å²) in [5.41, 5.74) is 4.76. The lowest BCUT2D eigenvalue weighted by Gasteiger charge is -2.16. The van der Waals surface area contributed by atoms with Crippen molar-refractivity contribution in [1.29, 1.82) is 0 Å². The smallest absolute Gasteiger partial charge is 0.330 e. The van der Waals surface area contributed by atoms with Crippen molar-refractivity contribution in [3.63, 3.8) is 0 Å². The molecule has 224 valence electrons. The van der Waals surface area contributed by atoms with Gasteiger partial charge in [0.1, 0.15) is 11.9 Å². The van der Waals surface area contributed by atoms with Gasteiger partial charge in [0.15, 0.2) is 6.10 Å². The summed E-state index contributed by atoms with van der Waals surface area (Å²) in [6.45, 7) is 12.8. The average Bonchev–Trinajstić information content (AvgIpc) is 3.57. The van der Waals surface area contributed by atoms with E-state index >= 15 is 0 Å². The monoisotopic (exact) mass is 576 g/mol. The molecule has 0 spiro atoms. The molecule has 2 aliphatic rings. The van der Waals surface area contributed by atoms with Crippen LogP contribution in [0.3, 0.4) is 0 Å². The van der Waals surface area contributed by atoms with E-state index in [-0.39, 0.29) is 30.2 Å². The molecule has 0 bridgehead atoms. The summed E-state index contributed by atoms with van der Waals surface area (Å²) in [6, 6.07) is 12.0. The minimum absolute atomic E-state index is 0.0922. The number of carbonyl (C=O) groups is 2. The van der Waals surface area contributed by atoms with E-state index in [1.54, 1.807) is 0 Å². The van der Waals surface area contributed by atoms with Crippen LogP contribution in [0.2, 0.25) is 0 Å². The summed E-state index contributed by atoms with van der Waals surface area (Å²) in [6.07, 6.45) is 6.17. The normalized spacial score (nSPS) is 21.2. The molecule has 2 heterocycles. The van der Waals surface area contributed by atoms with Crippen molar-refractivity contribution in [2.75, 3.05) is 26.4 Å². The minimum atomic E-state index is -0.457. The first-order valence-electron chi connectivity index (χ1n) is 14.5. The zero-order chi connectivity index (χ0) is 29.9. The summed E-state index contributed by atoms with van der Waals surface area (Å²) in [7, 11) is 0. The number of hydrogen-bond donors (Lipinski definition) is 0. The highest BCUT2D eigenvalue weighted by Crippen LogP contribution is 2.35. The lowest BCUT2D eigenvalue weighted by atomic mass is 9.93. The van der Waals surface area contributed by atoms with Gasteiger partial charge in [0.2, 0.25) is 0 Å². The van der Waals surface area contributed by atoms with Crippen molar-refractivity contribution in [2.24, 2.45) is 16.1 Å². The van der Waals surface area contributed by atoms with Gasteiger partial charge in [-0.05, 0) is 86.9 Å². The van der Waals surface area contributed by atoms with Gasteiger partial charge in [-0.1, -0.05) is 25.3 Å². The molecule has 2 saturated heterocycles. The van der Waals surface area contributed by atoms with Gasteiger partial charge in [-0.15, -0.1) is 0 Å².